The molecule has 2 unspecified atom stereocenters. The van der Waals surface area contributed by atoms with Crippen LogP contribution in [0.3, 0.4) is 0 Å². The van der Waals surface area contributed by atoms with Crippen LogP contribution in [-0.4, -0.2) is 64.7 Å². The number of aromatic carboxylic acids is 1. The van der Waals surface area contributed by atoms with Crippen molar-refractivity contribution in [3.8, 4) is 0 Å². The normalized spacial score (nSPS) is 28.4. The Morgan fingerprint density at radius 2 is 1.86 bits per heavy atom. The predicted octanol–water partition coefficient (Wildman–Crippen LogP) is 6.53. The van der Waals surface area contributed by atoms with Gasteiger partial charge in [0.05, 0.1) is 17.7 Å². The number of piperidine rings is 1. The highest BCUT2D eigenvalue weighted by Gasteiger charge is 2.56. The van der Waals surface area contributed by atoms with E-state index in [1.807, 2.05) is 0 Å². The molecule has 6 nitrogen and oxygen atoms in total. The van der Waals surface area contributed by atoms with Crippen LogP contribution in [0.1, 0.15) is 77.6 Å². The number of carbonyl (C=O) groups excluding carboxylic acids is 1. The van der Waals surface area contributed by atoms with Crippen LogP contribution < -0.4 is 0 Å². The first-order valence-electron chi connectivity index (χ1n) is 15.0. The van der Waals surface area contributed by atoms with E-state index in [4.69, 9.17) is 16.3 Å². The van der Waals surface area contributed by atoms with Crippen LogP contribution in [0.15, 0.2) is 30.3 Å². The lowest BCUT2D eigenvalue weighted by Gasteiger charge is -2.48. The van der Waals surface area contributed by atoms with Crippen LogP contribution in [-0.2, 0) is 28.7 Å². The lowest BCUT2D eigenvalue weighted by Crippen LogP contribution is -2.59. The molecule has 232 valence electrons. The van der Waals surface area contributed by atoms with Crippen molar-refractivity contribution in [3.63, 3.8) is 0 Å². The molecule has 3 heterocycles. The van der Waals surface area contributed by atoms with Crippen molar-refractivity contribution in [3.05, 3.63) is 69.0 Å². The van der Waals surface area contributed by atoms with E-state index in [9.17, 15) is 32.3 Å². The molecule has 1 N–H and O–H groups in total. The van der Waals surface area contributed by atoms with Gasteiger partial charge in [0.15, 0.2) is 0 Å². The zero-order chi connectivity index (χ0) is 30.7. The van der Waals surface area contributed by atoms with E-state index in [0.717, 1.165) is 56.5 Å². The Hall–Kier alpha value is -2.69. The molecule has 4 atom stereocenters. The average molecular weight is 623 g/mol. The van der Waals surface area contributed by atoms with Crippen molar-refractivity contribution in [2.75, 3.05) is 26.2 Å². The second kappa shape index (κ2) is 11.3. The summed E-state index contributed by atoms with van der Waals surface area (Å²) in [5.41, 5.74) is -0.136. The molecule has 2 saturated heterocycles. The topological polar surface area (TPSA) is 70.1 Å². The summed E-state index contributed by atoms with van der Waals surface area (Å²) in [4.78, 5) is 29.5. The van der Waals surface area contributed by atoms with Crippen LogP contribution in [0.4, 0.5) is 17.6 Å². The molecular weight excluding hydrogens is 588 g/mol. The Morgan fingerprint density at radius 1 is 1.09 bits per heavy atom. The van der Waals surface area contributed by atoms with E-state index in [0.29, 0.717) is 37.1 Å². The van der Waals surface area contributed by atoms with Gasteiger partial charge in [0.1, 0.15) is 11.4 Å². The molecule has 4 aliphatic rings. The van der Waals surface area contributed by atoms with E-state index in [1.54, 1.807) is 11.0 Å². The van der Waals surface area contributed by atoms with E-state index < -0.39 is 29.1 Å². The second-order valence-electron chi connectivity index (χ2n) is 12.6. The number of fused-ring (bicyclic) bond motifs is 1. The smallest absolute Gasteiger partial charge is 0.416 e. The molecule has 0 spiro atoms. The van der Waals surface area contributed by atoms with Crippen molar-refractivity contribution in [2.45, 2.75) is 75.7 Å². The average Bonchev–Trinajstić information content (AvgIpc) is 3.82. The van der Waals surface area contributed by atoms with Gasteiger partial charge in [0.2, 0.25) is 0 Å². The highest BCUT2D eigenvalue weighted by Crippen LogP contribution is 2.49. The Balaban J connectivity index is 1.11. The van der Waals surface area contributed by atoms with Gasteiger partial charge in [-0.3, -0.25) is 9.69 Å². The van der Waals surface area contributed by atoms with Crippen LogP contribution in [0.5, 0.6) is 0 Å². The zero-order valence-corrected chi connectivity index (χ0v) is 24.7. The summed E-state index contributed by atoms with van der Waals surface area (Å²) in [5.74, 6) is -1.72. The van der Waals surface area contributed by atoms with Crippen molar-refractivity contribution in [2.24, 2.45) is 11.8 Å². The highest BCUT2D eigenvalue weighted by atomic mass is 35.5. The fraction of sp³-hybridized carbons (Fsp3) is 0.562. The Kier molecular flexibility index (Phi) is 8.01. The molecule has 2 aromatic rings. The number of carboxylic acids is 1. The maximum Gasteiger partial charge on any atom is 0.416 e. The minimum absolute atomic E-state index is 0.0804. The van der Waals surface area contributed by atoms with E-state index >= 15 is 0 Å². The number of alkyl halides is 3. The number of ether oxygens (including phenoxy) is 1. The van der Waals surface area contributed by atoms with Crippen molar-refractivity contribution < 1.29 is 37.0 Å². The molecule has 1 saturated carbocycles. The molecule has 0 radical (unpaired) electrons. The van der Waals surface area contributed by atoms with Crippen molar-refractivity contribution >= 4 is 23.5 Å². The number of carboxylic acid groups (broad SMARTS) is 1. The largest absolute Gasteiger partial charge is 0.478 e. The van der Waals surface area contributed by atoms with Crippen LogP contribution >= 0.6 is 11.6 Å². The fourth-order valence-corrected chi connectivity index (χ4v) is 7.81. The number of likely N-dealkylation sites (tertiary alicyclic amines) is 1. The Bertz CT molecular complexity index is 1420. The van der Waals surface area contributed by atoms with E-state index in [-0.39, 0.29) is 46.8 Å². The van der Waals surface area contributed by atoms with Crippen LogP contribution in [0.25, 0.3) is 0 Å². The number of carbonyl (C=O) groups is 2. The van der Waals surface area contributed by atoms with Gasteiger partial charge in [-0.15, -0.1) is 0 Å². The van der Waals surface area contributed by atoms with Gasteiger partial charge in [-0.1, -0.05) is 24.6 Å². The van der Waals surface area contributed by atoms with Crippen molar-refractivity contribution in [1.82, 2.24) is 9.80 Å². The molecule has 3 aliphatic heterocycles. The van der Waals surface area contributed by atoms with Gasteiger partial charge in [-0.25, -0.2) is 9.18 Å². The van der Waals surface area contributed by atoms with Gasteiger partial charge in [0, 0.05) is 30.7 Å². The lowest BCUT2D eigenvalue weighted by molar-refractivity contribution is -0.177. The minimum atomic E-state index is -4.52. The summed E-state index contributed by atoms with van der Waals surface area (Å²) in [5, 5.41) is 9.42. The molecule has 43 heavy (non-hydrogen) atoms. The highest BCUT2D eigenvalue weighted by molar-refractivity contribution is 6.31. The molecule has 3 fully saturated rings. The molecule has 11 heteroatoms. The Labute approximate surface area is 252 Å². The van der Waals surface area contributed by atoms with Crippen LogP contribution in [0.2, 0.25) is 5.02 Å². The number of hydrogen-bond acceptors (Lipinski definition) is 4. The van der Waals surface area contributed by atoms with Gasteiger partial charge < -0.3 is 14.7 Å². The number of halogens is 5. The van der Waals surface area contributed by atoms with E-state index in [2.05, 4.69) is 11.8 Å². The SMILES string of the molecule is CC1CN(C2CC[C@@](C(=O)N3CCc4c(Cl)cc(C(F)(F)F)cc4C3)(C3CC3)OC2)CC[C@@H]1c1ccc(F)c(C(=O)O)c1. The molecular formula is C32H35ClF4N2O4. The summed E-state index contributed by atoms with van der Waals surface area (Å²) in [6.07, 6.45) is -0.211. The number of benzene rings is 2. The summed E-state index contributed by atoms with van der Waals surface area (Å²) in [6, 6.07) is 6.55. The monoisotopic (exact) mass is 622 g/mol. The first-order valence-corrected chi connectivity index (χ1v) is 15.3. The first-order chi connectivity index (χ1) is 20.4. The third-order valence-corrected chi connectivity index (χ3v) is 10.3. The molecule has 1 amide bonds. The third kappa shape index (κ3) is 5.78. The molecule has 0 bridgehead atoms. The second-order valence-corrected chi connectivity index (χ2v) is 13.1. The maximum absolute atomic E-state index is 14.0. The zero-order valence-electron chi connectivity index (χ0n) is 23.9. The minimum Gasteiger partial charge on any atom is -0.478 e. The summed E-state index contributed by atoms with van der Waals surface area (Å²) in [7, 11) is 0. The third-order valence-electron chi connectivity index (χ3n) is 9.98. The molecule has 2 aromatic carbocycles. The number of nitrogens with zero attached hydrogens (tertiary/aromatic N) is 2. The standard InChI is InChI=1S/C32H35ClF4N2O4/c1-18-15-38(10-7-24(18)19-2-5-28(34)26(13-19)29(40)41)23-6-9-31(43-17-23,21-3-4-21)30(42)39-11-8-25-20(16-39)12-22(14-27(25)33)32(35,36)37/h2,5,12-14,18,21,23-24H,3-4,6-11,15-17H2,1H3,(H,40,41)/t18?,23?,24-,31-/m0/s1. The molecule has 1 aliphatic carbocycles. The number of rotatable bonds is 5. The fourth-order valence-electron chi connectivity index (χ4n) is 7.48. The van der Waals surface area contributed by atoms with Gasteiger partial charge in [-0.05, 0) is 104 Å². The van der Waals surface area contributed by atoms with Gasteiger partial charge in [-0.2, -0.15) is 13.2 Å². The van der Waals surface area contributed by atoms with Crippen LogP contribution in [0, 0.1) is 17.7 Å². The number of amides is 1. The number of hydrogen-bond donors (Lipinski definition) is 1. The maximum atomic E-state index is 14.0. The van der Waals surface area contributed by atoms with Gasteiger partial charge in [0.25, 0.3) is 5.91 Å². The van der Waals surface area contributed by atoms with Crippen molar-refractivity contribution in [1.29, 1.82) is 0 Å². The quantitative estimate of drug-likeness (QED) is 0.384. The summed E-state index contributed by atoms with van der Waals surface area (Å²) in [6.45, 7) is 4.53. The predicted molar refractivity (Wildman–Crippen MR) is 151 cm³/mol. The first kappa shape index (κ1) is 30.3. The molecule has 0 aromatic heterocycles. The summed E-state index contributed by atoms with van der Waals surface area (Å²) < 4.78 is 60.8. The van der Waals surface area contributed by atoms with Gasteiger partial charge >= 0.3 is 12.1 Å². The Morgan fingerprint density at radius 3 is 2.49 bits per heavy atom. The molecule has 6 rings (SSSR count). The summed E-state index contributed by atoms with van der Waals surface area (Å²) >= 11 is 6.22. The lowest BCUT2D eigenvalue weighted by atomic mass is 9.79. The van der Waals surface area contributed by atoms with E-state index in [1.165, 1.54) is 12.1 Å².